The van der Waals surface area contributed by atoms with E-state index in [0.717, 1.165) is 0 Å². The highest BCUT2D eigenvalue weighted by atomic mass is 35.5. The first-order chi connectivity index (χ1) is 12.8. The Kier molecular flexibility index (Phi) is 5.95. The zero-order valence-electron chi connectivity index (χ0n) is 14.7. The number of nitrogens with one attached hydrogen (secondary N) is 2. The molecule has 11 heteroatoms. The maximum Gasteiger partial charge on any atom is 0.349 e. The van der Waals surface area contributed by atoms with Crippen LogP contribution < -0.4 is 16.0 Å². The maximum absolute atomic E-state index is 12.5. The third kappa shape index (κ3) is 4.06. The lowest BCUT2D eigenvalue weighted by Gasteiger charge is -2.36. The molecule has 1 fully saturated rings. The molecule has 2 aromatic rings. The standard InChI is InChI=1S/C16H19Cl2N5O3S/c1-7-11(17)12(18)13(21-7)14(24)22-9-3-4-23(6-8(9)19)16-20-5-10(27-16)15(25)26-2/h5,8-9,21H,3-4,6,19H2,1-2H3,(H,22,24). The van der Waals surface area contributed by atoms with Crippen molar-refractivity contribution in [1.29, 1.82) is 0 Å². The van der Waals surface area contributed by atoms with Gasteiger partial charge < -0.3 is 25.7 Å². The number of aromatic nitrogens is 2. The van der Waals surface area contributed by atoms with Gasteiger partial charge in [-0.2, -0.15) is 0 Å². The largest absolute Gasteiger partial charge is 0.465 e. The van der Waals surface area contributed by atoms with E-state index < -0.39 is 5.97 Å². The SMILES string of the molecule is COC(=O)c1cnc(N2CCC(NC(=O)c3[nH]c(C)c(Cl)c3Cl)C(N)C2)s1. The number of thiazole rings is 1. The predicted octanol–water partition coefficient (Wildman–Crippen LogP) is 2.21. The van der Waals surface area contributed by atoms with E-state index in [-0.39, 0.29) is 28.7 Å². The van der Waals surface area contributed by atoms with Crippen LogP contribution in [0.5, 0.6) is 0 Å². The first kappa shape index (κ1) is 19.9. The number of nitrogens with two attached hydrogens (primary N) is 1. The molecule has 3 heterocycles. The number of amides is 1. The normalized spacial score (nSPS) is 19.8. The van der Waals surface area contributed by atoms with E-state index in [2.05, 4.69) is 15.3 Å². The molecule has 27 heavy (non-hydrogen) atoms. The molecule has 2 aromatic heterocycles. The van der Waals surface area contributed by atoms with Crippen LogP contribution in [0.15, 0.2) is 6.20 Å². The average molecular weight is 432 g/mol. The lowest BCUT2D eigenvalue weighted by molar-refractivity contribution is 0.0606. The number of methoxy groups -OCH3 is 1. The summed E-state index contributed by atoms with van der Waals surface area (Å²) >= 11 is 13.4. The second-order valence-electron chi connectivity index (χ2n) is 6.23. The van der Waals surface area contributed by atoms with Gasteiger partial charge in [0.05, 0.1) is 23.4 Å². The number of carbonyl (C=O) groups excluding carboxylic acids is 2. The van der Waals surface area contributed by atoms with Crippen molar-refractivity contribution in [1.82, 2.24) is 15.3 Å². The van der Waals surface area contributed by atoms with Crippen molar-refractivity contribution in [3.63, 3.8) is 0 Å². The van der Waals surface area contributed by atoms with Gasteiger partial charge in [-0.3, -0.25) is 4.79 Å². The summed E-state index contributed by atoms with van der Waals surface area (Å²) in [6, 6.07) is -0.522. The Bertz CT molecular complexity index is 868. The Labute approximate surface area is 170 Å². The summed E-state index contributed by atoms with van der Waals surface area (Å²) in [5.74, 6) is -0.756. The van der Waals surface area contributed by atoms with Crippen molar-refractivity contribution in [3.8, 4) is 0 Å². The van der Waals surface area contributed by atoms with Gasteiger partial charge >= 0.3 is 5.97 Å². The Hall–Kier alpha value is -1.81. The molecule has 1 aliphatic rings. The van der Waals surface area contributed by atoms with Crippen LogP contribution >= 0.6 is 34.5 Å². The van der Waals surface area contributed by atoms with Crippen molar-refractivity contribution in [2.24, 2.45) is 5.73 Å². The molecule has 0 aromatic carbocycles. The van der Waals surface area contributed by atoms with E-state index in [1.54, 1.807) is 6.92 Å². The number of piperidine rings is 1. The van der Waals surface area contributed by atoms with E-state index in [4.69, 9.17) is 33.7 Å². The van der Waals surface area contributed by atoms with Crippen LogP contribution in [0.1, 0.15) is 32.3 Å². The molecule has 4 N–H and O–H groups in total. The van der Waals surface area contributed by atoms with Crippen molar-refractivity contribution in [3.05, 3.63) is 32.5 Å². The third-order valence-electron chi connectivity index (χ3n) is 4.41. The highest BCUT2D eigenvalue weighted by Crippen LogP contribution is 2.29. The van der Waals surface area contributed by atoms with E-state index in [0.29, 0.717) is 40.2 Å². The van der Waals surface area contributed by atoms with Crippen molar-refractivity contribution < 1.29 is 14.3 Å². The topological polar surface area (TPSA) is 113 Å². The van der Waals surface area contributed by atoms with E-state index in [1.807, 2.05) is 4.90 Å². The van der Waals surface area contributed by atoms with Gasteiger partial charge in [0.2, 0.25) is 0 Å². The van der Waals surface area contributed by atoms with Crippen molar-refractivity contribution in [2.45, 2.75) is 25.4 Å². The molecule has 146 valence electrons. The summed E-state index contributed by atoms with van der Waals surface area (Å²) in [7, 11) is 1.33. The Morgan fingerprint density at radius 3 is 2.78 bits per heavy atom. The number of carbonyl (C=O) groups is 2. The van der Waals surface area contributed by atoms with Crippen LogP contribution in [-0.2, 0) is 4.74 Å². The quantitative estimate of drug-likeness (QED) is 0.639. The van der Waals surface area contributed by atoms with Crippen molar-refractivity contribution >= 4 is 51.5 Å². The number of ether oxygens (including phenoxy) is 1. The van der Waals surface area contributed by atoms with Gasteiger partial charge in [0, 0.05) is 30.9 Å². The lowest BCUT2D eigenvalue weighted by Crippen LogP contribution is -2.58. The van der Waals surface area contributed by atoms with Gasteiger partial charge in [-0.25, -0.2) is 9.78 Å². The van der Waals surface area contributed by atoms with Gasteiger partial charge in [-0.1, -0.05) is 34.5 Å². The molecule has 0 spiro atoms. The summed E-state index contributed by atoms with van der Waals surface area (Å²) in [4.78, 5) is 33.6. The van der Waals surface area contributed by atoms with E-state index >= 15 is 0 Å². The number of anilines is 1. The Morgan fingerprint density at radius 2 is 2.19 bits per heavy atom. The monoisotopic (exact) mass is 431 g/mol. The zero-order valence-corrected chi connectivity index (χ0v) is 17.0. The molecule has 8 nitrogen and oxygen atoms in total. The highest BCUT2D eigenvalue weighted by Gasteiger charge is 2.31. The van der Waals surface area contributed by atoms with Gasteiger partial charge in [0.1, 0.15) is 10.6 Å². The van der Waals surface area contributed by atoms with Crippen molar-refractivity contribution in [2.75, 3.05) is 25.1 Å². The number of aryl methyl sites for hydroxylation is 1. The second kappa shape index (κ2) is 8.05. The van der Waals surface area contributed by atoms with E-state index in [1.165, 1.54) is 24.6 Å². The highest BCUT2D eigenvalue weighted by molar-refractivity contribution is 7.17. The minimum Gasteiger partial charge on any atom is -0.465 e. The number of hydrogen-bond acceptors (Lipinski definition) is 7. The van der Waals surface area contributed by atoms with Crippen LogP contribution in [0.4, 0.5) is 5.13 Å². The molecule has 0 aliphatic carbocycles. The minimum absolute atomic E-state index is 0.204. The van der Waals surface area contributed by atoms with Crippen LogP contribution in [-0.4, -0.2) is 54.1 Å². The first-order valence-corrected chi connectivity index (χ1v) is 9.78. The summed E-state index contributed by atoms with van der Waals surface area (Å²) in [6.45, 7) is 2.88. The van der Waals surface area contributed by atoms with Gasteiger partial charge in [-0.05, 0) is 13.3 Å². The molecule has 3 rings (SSSR count). The molecule has 1 saturated heterocycles. The summed E-state index contributed by atoms with van der Waals surface area (Å²) < 4.78 is 4.70. The molecular weight excluding hydrogens is 413 g/mol. The summed E-state index contributed by atoms with van der Waals surface area (Å²) in [5, 5.41) is 4.16. The average Bonchev–Trinajstić information content (AvgIpc) is 3.24. The minimum atomic E-state index is -0.415. The number of nitrogens with zero attached hydrogens (tertiary/aromatic N) is 2. The summed E-state index contributed by atoms with van der Waals surface area (Å²) in [5.41, 5.74) is 7.13. The van der Waals surface area contributed by atoms with Crippen LogP contribution in [0.2, 0.25) is 10.0 Å². The fourth-order valence-electron chi connectivity index (χ4n) is 2.91. The number of halogens is 2. The third-order valence-corrected chi connectivity index (χ3v) is 6.39. The predicted molar refractivity (Wildman–Crippen MR) is 105 cm³/mol. The molecule has 0 bridgehead atoms. The molecule has 0 saturated carbocycles. The number of esters is 1. The maximum atomic E-state index is 12.5. The number of aromatic amines is 1. The Balaban J connectivity index is 1.63. The molecule has 2 unspecified atom stereocenters. The zero-order chi connectivity index (χ0) is 19.7. The smallest absolute Gasteiger partial charge is 0.349 e. The van der Waals surface area contributed by atoms with Gasteiger partial charge in [-0.15, -0.1) is 0 Å². The fraction of sp³-hybridized carbons (Fsp3) is 0.438. The molecule has 1 amide bonds. The number of rotatable bonds is 4. The molecule has 2 atom stereocenters. The molecular formula is C16H19Cl2N5O3S. The van der Waals surface area contributed by atoms with E-state index in [9.17, 15) is 9.59 Å². The molecule has 0 radical (unpaired) electrons. The van der Waals surface area contributed by atoms with Crippen LogP contribution in [0, 0.1) is 6.92 Å². The summed E-state index contributed by atoms with van der Waals surface area (Å²) in [6.07, 6.45) is 2.12. The fourth-order valence-corrected chi connectivity index (χ4v) is 4.20. The second-order valence-corrected chi connectivity index (χ2v) is 8.00. The van der Waals surface area contributed by atoms with Gasteiger partial charge in [0.15, 0.2) is 5.13 Å². The number of H-pyrrole nitrogens is 1. The number of hydrogen-bond donors (Lipinski definition) is 3. The lowest BCUT2D eigenvalue weighted by atomic mass is 10.0. The Morgan fingerprint density at radius 1 is 1.44 bits per heavy atom. The van der Waals surface area contributed by atoms with Crippen LogP contribution in [0.25, 0.3) is 0 Å². The van der Waals surface area contributed by atoms with Gasteiger partial charge in [0.25, 0.3) is 5.91 Å². The first-order valence-electron chi connectivity index (χ1n) is 8.21. The van der Waals surface area contributed by atoms with Crippen LogP contribution in [0.3, 0.4) is 0 Å². The molecule has 1 aliphatic heterocycles.